The number of alkyl halides is 3. The number of aliphatic hydroxyl groups excluding tert-OH is 2. The Morgan fingerprint density at radius 3 is 2.26 bits per heavy atom. The average Bonchev–Trinajstić information content (AvgIpc) is 2.67. The van der Waals surface area contributed by atoms with E-state index in [1.807, 2.05) is 0 Å². The van der Waals surface area contributed by atoms with E-state index in [1.165, 1.54) is 12.1 Å². The lowest BCUT2D eigenvalue weighted by Crippen LogP contribution is -2.22. The summed E-state index contributed by atoms with van der Waals surface area (Å²) in [5.74, 6) is 0. The predicted octanol–water partition coefficient (Wildman–Crippen LogP) is 0.706. The molecule has 2 atom stereocenters. The molecule has 1 aliphatic heterocycles. The molecule has 7 heteroatoms. The Bertz CT molecular complexity index is 455. The molecule has 19 heavy (non-hydrogen) atoms. The van der Waals surface area contributed by atoms with Gasteiger partial charge in [-0.15, -0.1) is 0 Å². The van der Waals surface area contributed by atoms with Gasteiger partial charge in [-0.1, -0.05) is 0 Å². The number of anilines is 1. The van der Waals surface area contributed by atoms with Crippen molar-refractivity contribution in [1.82, 2.24) is 0 Å². The molecule has 1 aromatic carbocycles. The molecule has 2 rings (SSSR count). The van der Waals surface area contributed by atoms with Gasteiger partial charge in [0.25, 0.3) is 0 Å². The van der Waals surface area contributed by atoms with Crippen molar-refractivity contribution in [3.63, 3.8) is 0 Å². The van der Waals surface area contributed by atoms with Crippen LogP contribution in [0.15, 0.2) is 18.2 Å². The molecule has 0 amide bonds. The van der Waals surface area contributed by atoms with Crippen molar-refractivity contribution >= 4 is 5.69 Å². The Morgan fingerprint density at radius 1 is 1.21 bits per heavy atom. The molecular formula is C12H15F3N2O2. The minimum atomic E-state index is -4.43. The number of benzene rings is 1. The summed E-state index contributed by atoms with van der Waals surface area (Å²) in [5, 5.41) is 18.9. The Balaban J connectivity index is 2.30. The Morgan fingerprint density at radius 2 is 1.79 bits per heavy atom. The highest BCUT2D eigenvalue weighted by Crippen LogP contribution is 2.34. The van der Waals surface area contributed by atoms with Crippen LogP contribution in [0.5, 0.6) is 0 Å². The van der Waals surface area contributed by atoms with E-state index < -0.39 is 23.9 Å². The quantitative estimate of drug-likeness (QED) is 0.744. The zero-order valence-corrected chi connectivity index (χ0v) is 10.1. The van der Waals surface area contributed by atoms with Crippen LogP contribution in [0.4, 0.5) is 18.9 Å². The lowest BCUT2D eigenvalue weighted by molar-refractivity contribution is -0.138. The second-order valence-corrected chi connectivity index (χ2v) is 4.58. The third-order valence-corrected chi connectivity index (χ3v) is 3.24. The first-order valence-corrected chi connectivity index (χ1v) is 5.84. The molecule has 1 aromatic rings. The molecular weight excluding hydrogens is 261 g/mol. The molecule has 1 aliphatic rings. The molecule has 0 aliphatic carbocycles. The Hall–Kier alpha value is -1.31. The first-order chi connectivity index (χ1) is 8.82. The lowest BCUT2D eigenvalue weighted by Gasteiger charge is -2.20. The van der Waals surface area contributed by atoms with Gasteiger partial charge in [0.1, 0.15) is 0 Å². The second-order valence-electron chi connectivity index (χ2n) is 4.58. The van der Waals surface area contributed by atoms with Crippen LogP contribution in [0.1, 0.15) is 11.1 Å². The molecule has 4 nitrogen and oxygen atoms in total. The zero-order valence-electron chi connectivity index (χ0n) is 10.1. The Labute approximate surface area is 108 Å². The van der Waals surface area contributed by atoms with Crippen LogP contribution in [-0.4, -0.2) is 35.5 Å². The summed E-state index contributed by atoms with van der Waals surface area (Å²) in [4.78, 5) is 1.63. The van der Waals surface area contributed by atoms with Gasteiger partial charge in [0.05, 0.1) is 17.8 Å². The second kappa shape index (κ2) is 4.99. The fourth-order valence-electron chi connectivity index (χ4n) is 2.20. The van der Waals surface area contributed by atoms with E-state index >= 15 is 0 Å². The van der Waals surface area contributed by atoms with Gasteiger partial charge in [0, 0.05) is 25.3 Å². The van der Waals surface area contributed by atoms with Crippen LogP contribution >= 0.6 is 0 Å². The number of rotatable bonds is 2. The van der Waals surface area contributed by atoms with Gasteiger partial charge >= 0.3 is 6.18 Å². The Kier molecular flexibility index (Phi) is 3.71. The highest BCUT2D eigenvalue weighted by atomic mass is 19.4. The molecule has 4 N–H and O–H groups in total. The summed E-state index contributed by atoms with van der Waals surface area (Å²) in [7, 11) is 0. The van der Waals surface area contributed by atoms with Gasteiger partial charge in [0.15, 0.2) is 0 Å². The van der Waals surface area contributed by atoms with Crippen molar-refractivity contribution in [2.75, 3.05) is 18.0 Å². The highest BCUT2D eigenvalue weighted by molar-refractivity contribution is 5.53. The fraction of sp³-hybridized carbons (Fsp3) is 0.500. The highest BCUT2D eigenvalue weighted by Gasteiger charge is 2.34. The van der Waals surface area contributed by atoms with Crippen molar-refractivity contribution in [2.45, 2.75) is 24.9 Å². The maximum Gasteiger partial charge on any atom is 0.416 e. The molecule has 0 aromatic heterocycles. The molecule has 0 spiro atoms. The number of halogens is 3. The van der Waals surface area contributed by atoms with E-state index in [9.17, 15) is 23.4 Å². The standard InChI is InChI=1S/C12H15F3N2O2/c13-12(14,15)9-2-1-8(3-7(9)4-16)17-5-10(18)11(19)6-17/h1-3,10-11,18-19H,4-6,16H2. The third-order valence-electron chi connectivity index (χ3n) is 3.24. The molecule has 106 valence electrons. The van der Waals surface area contributed by atoms with Crippen molar-refractivity contribution in [1.29, 1.82) is 0 Å². The topological polar surface area (TPSA) is 69.7 Å². The molecule has 0 saturated carbocycles. The molecule has 1 saturated heterocycles. The molecule has 0 radical (unpaired) electrons. The molecule has 1 fully saturated rings. The third kappa shape index (κ3) is 2.83. The minimum absolute atomic E-state index is 0.000814. The van der Waals surface area contributed by atoms with E-state index in [0.717, 1.165) is 6.07 Å². The smallest absolute Gasteiger partial charge is 0.389 e. The van der Waals surface area contributed by atoms with Gasteiger partial charge in [-0.25, -0.2) is 0 Å². The van der Waals surface area contributed by atoms with Crippen LogP contribution < -0.4 is 10.6 Å². The summed E-state index contributed by atoms with van der Waals surface area (Å²) in [5.41, 5.74) is 5.12. The van der Waals surface area contributed by atoms with Gasteiger partial charge in [-0.3, -0.25) is 0 Å². The number of hydrogen-bond acceptors (Lipinski definition) is 4. The van der Waals surface area contributed by atoms with E-state index in [1.54, 1.807) is 4.90 Å². The van der Waals surface area contributed by atoms with Gasteiger partial charge < -0.3 is 20.8 Å². The van der Waals surface area contributed by atoms with Gasteiger partial charge in [0.2, 0.25) is 0 Å². The molecule has 0 bridgehead atoms. The summed E-state index contributed by atoms with van der Waals surface area (Å²) < 4.78 is 38.2. The number of aliphatic hydroxyl groups is 2. The van der Waals surface area contributed by atoms with Crippen LogP contribution in [0.2, 0.25) is 0 Å². The SMILES string of the molecule is NCc1cc(N2CC(O)C(O)C2)ccc1C(F)(F)F. The van der Waals surface area contributed by atoms with Gasteiger partial charge in [-0.2, -0.15) is 13.2 Å². The molecule has 2 unspecified atom stereocenters. The maximum absolute atomic E-state index is 12.7. The average molecular weight is 276 g/mol. The zero-order chi connectivity index (χ0) is 14.2. The van der Waals surface area contributed by atoms with E-state index in [-0.39, 0.29) is 25.2 Å². The summed E-state index contributed by atoms with van der Waals surface area (Å²) in [6.45, 7) is 0.161. The van der Waals surface area contributed by atoms with Crippen molar-refractivity contribution in [3.05, 3.63) is 29.3 Å². The van der Waals surface area contributed by atoms with Crippen molar-refractivity contribution < 1.29 is 23.4 Å². The van der Waals surface area contributed by atoms with E-state index in [0.29, 0.717) is 5.69 Å². The summed E-state index contributed by atoms with van der Waals surface area (Å²) in [6, 6.07) is 3.66. The first-order valence-electron chi connectivity index (χ1n) is 5.84. The summed E-state index contributed by atoms with van der Waals surface area (Å²) in [6.07, 6.45) is -6.20. The normalized spacial score (nSPS) is 24.0. The van der Waals surface area contributed by atoms with Crippen molar-refractivity contribution in [2.24, 2.45) is 5.73 Å². The fourth-order valence-corrected chi connectivity index (χ4v) is 2.20. The lowest BCUT2D eigenvalue weighted by atomic mass is 10.1. The van der Waals surface area contributed by atoms with E-state index in [4.69, 9.17) is 5.73 Å². The monoisotopic (exact) mass is 276 g/mol. The minimum Gasteiger partial charge on any atom is -0.389 e. The largest absolute Gasteiger partial charge is 0.416 e. The summed E-state index contributed by atoms with van der Waals surface area (Å²) >= 11 is 0. The van der Waals surface area contributed by atoms with Crippen LogP contribution in [-0.2, 0) is 12.7 Å². The number of β-amino-alcohol motifs (C(OH)–C–C–N with tert-alkyl or cyclic N) is 2. The number of nitrogens with zero attached hydrogens (tertiary/aromatic N) is 1. The van der Waals surface area contributed by atoms with Crippen molar-refractivity contribution in [3.8, 4) is 0 Å². The van der Waals surface area contributed by atoms with E-state index in [2.05, 4.69) is 0 Å². The predicted molar refractivity (Wildman–Crippen MR) is 63.6 cm³/mol. The van der Waals surface area contributed by atoms with Crippen LogP contribution in [0.3, 0.4) is 0 Å². The molecule has 1 heterocycles. The number of nitrogens with two attached hydrogens (primary N) is 1. The number of hydrogen-bond donors (Lipinski definition) is 3. The van der Waals surface area contributed by atoms with Crippen LogP contribution in [0, 0.1) is 0 Å². The first kappa shape index (κ1) is 14.1. The maximum atomic E-state index is 12.7. The van der Waals surface area contributed by atoms with Gasteiger partial charge in [-0.05, 0) is 23.8 Å². The van der Waals surface area contributed by atoms with Crippen LogP contribution in [0.25, 0.3) is 0 Å².